The molecule has 112 valence electrons. The smallest absolute Gasteiger partial charge is 0.203 e. The Balaban J connectivity index is 1.86. The number of nitrogens with zero attached hydrogens (tertiary/aromatic N) is 2. The third kappa shape index (κ3) is 3.93. The van der Waals surface area contributed by atoms with Crippen molar-refractivity contribution in [2.75, 3.05) is 6.61 Å². The molecule has 1 aliphatic rings. The minimum Gasteiger partial charge on any atom is -0.353 e. The minimum atomic E-state index is -0.421. The van der Waals surface area contributed by atoms with Gasteiger partial charge in [-0.2, -0.15) is 4.37 Å². The van der Waals surface area contributed by atoms with E-state index < -0.39 is 6.10 Å². The van der Waals surface area contributed by atoms with Crippen molar-refractivity contribution < 1.29 is 9.47 Å². The molecule has 0 bridgehead atoms. The second kappa shape index (κ2) is 7.03. The van der Waals surface area contributed by atoms with E-state index in [1.165, 1.54) is 0 Å². The van der Waals surface area contributed by atoms with Crippen LogP contribution in [0.3, 0.4) is 0 Å². The first-order valence-electron chi connectivity index (χ1n) is 6.74. The summed E-state index contributed by atoms with van der Waals surface area (Å²) in [4.78, 5) is 4.23. The zero-order chi connectivity index (χ0) is 14.7. The molecule has 0 unspecified atom stereocenters. The second-order valence-electron chi connectivity index (χ2n) is 4.77. The van der Waals surface area contributed by atoms with Crippen LogP contribution >= 0.6 is 34.7 Å². The SMILES string of the molecule is Clc1cccc([C@H](O[C@@H]2CCCCO2)c2nsc(Cl)n2)c1. The molecule has 1 aromatic heterocycles. The number of aromatic nitrogens is 2. The van der Waals surface area contributed by atoms with Gasteiger partial charge >= 0.3 is 0 Å². The molecule has 2 aromatic rings. The quantitative estimate of drug-likeness (QED) is 0.820. The number of hydrogen-bond donors (Lipinski definition) is 0. The highest BCUT2D eigenvalue weighted by molar-refractivity contribution is 7.10. The van der Waals surface area contributed by atoms with Crippen molar-refractivity contribution in [1.82, 2.24) is 9.36 Å². The molecule has 0 aliphatic carbocycles. The Labute approximate surface area is 137 Å². The predicted octanol–water partition coefficient (Wildman–Crippen LogP) is 4.48. The molecule has 21 heavy (non-hydrogen) atoms. The van der Waals surface area contributed by atoms with Crippen LogP contribution in [0.4, 0.5) is 0 Å². The van der Waals surface area contributed by atoms with E-state index in [1.54, 1.807) is 0 Å². The van der Waals surface area contributed by atoms with Crippen LogP contribution in [0.15, 0.2) is 24.3 Å². The minimum absolute atomic E-state index is 0.245. The van der Waals surface area contributed by atoms with Crippen LogP contribution < -0.4 is 0 Å². The first-order chi connectivity index (χ1) is 10.2. The number of halogens is 2. The topological polar surface area (TPSA) is 44.2 Å². The van der Waals surface area contributed by atoms with Gasteiger partial charge in [0.25, 0.3) is 0 Å². The predicted molar refractivity (Wildman–Crippen MR) is 82.9 cm³/mol. The van der Waals surface area contributed by atoms with E-state index in [4.69, 9.17) is 32.7 Å². The summed E-state index contributed by atoms with van der Waals surface area (Å²) >= 11 is 13.1. The fourth-order valence-corrected chi connectivity index (χ4v) is 3.08. The van der Waals surface area contributed by atoms with Crippen LogP contribution in [0.5, 0.6) is 0 Å². The molecule has 0 amide bonds. The molecule has 1 aromatic carbocycles. The van der Waals surface area contributed by atoms with Gasteiger partial charge < -0.3 is 9.47 Å². The Hall–Kier alpha value is -0.720. The van der Waals surface area contributed by atoms with Crippen LogP contribution in [0.1, 0.15) is 36.8 Å². The van der Waals surface area contributed by atoms with Crippen molar-refractivity contribution >= 4 is 34.7 Å². The summed E-state index contributed by atoms with van der Waals surface area (Å²) in [6, 6.07) is 7.49. The zero-order valence-corrected chi connectivity index (χ0v) is 13.5. The lowest BCUT2D eigenvalue weighted by Crippen LogP contribution is -2.25. The van der Waals surface area contributed by atoms with Gasteiger partial charge in [0.15, 0.2) is 12.1 Å². The standard InChI is InChI=1S/C14H14Cl2N2O2S/c15-10-5-3-4-9(8-10)12(13-17-14(16)21-18-13)20-11-6-1-2-7-19-11/h3-5,8,11-12H,1-2,6-7H2/t11-,12+/m1/s1. The molecular weight excluding hydrogens is 331 g/mol. The molecule has 4 nitrogen and oxygen atoms in total. The molecule has 0 radical (unpaired) electrons. The summed E-state index contributed by atoms with van der Waals surface area (Å²) < 4.78 is 16.4. The number of hydrogen-bond acceptors (Lipinski definition) is 5. The zero-order valence-electron chi connectivity index (χ0n) is 11.2. The van der Waals surface area contributed by atoms with Crippen molar-refractivity contribution in [2.45, 2.75) is 31.7 Å². The Kier molecular flexibility index (Phi) is 5.08. The lowest BCUT2D eigenvalue weighted by Gasteiger charge is -2.26. The Bertz CT molecular complexity index is 602. The largest absolute Gasteiger partial charge is 0.353 e. The molecule has 3 rings (SSSR count). The average molecular weight is 345 g/mol. The summed E-state index contributed by atoms with van der Waals surface area (Å²) in [5.41, 5.74) is 0.895. The molecule has 2 heterocycles. The van der Waals surface area contributed by atoms with Gasteiger partial charge in [0, 0.05) is 11.6 Å². The third-order valence-electron chi connectivity index (χ3n) is 3.23. The van der Waals surface area contributed by atoms with Crippen molar-refractivity contribution in [2.24, 2.45) is 0 Å². The maximum Gasteiger partial charge on any atom is 0.203 e. The lowest BCUT2D eigenvalue weighted by atomic mass is 10.1. The van der Waals surface area contributed by atoms with E-state index in [9.17, 15) is 0 Å². The van der Waals surface area contributed by atoms with Gasteiger partial charge in [0.1, 0.15) is 6.10 Å². The van der Waals surface area contributed by atoms with Gasteiger partial charge in [-0.25, -0.2) is 4.98 Å². The first-order valence-corrected chi connectivity index (χ1v) is 8.27. The molecule has 2 atom stereocenters. The molecule has 1 saturated heterocycles. The summed E-state index contributed by atoms with van der Waals surface area (Å²) in [7, 11) is 0. The summed E-state index contributed by atoms with van der Waals surface area (Å²) in [6.45, 7) is 0.720. The number of ether oxygens (including phenoxy) is 2. The maximum absolute atomic E-state index is 6.07. The van der Waals surface area contributed by atoms with E-state index in [0.717, 1.165) is 43.0 Å². The number of rotatable bonds is 4. The highest BCUT2D eigenvalue weighted by Gasteiger charge is 2.26. The summed E-state index contributed by atoms with van der Waals surface area (Å²) in [6.07, 6.45) is 2.37. The van der Waals surface area contributed by atoms with Gasteiger partial charge in [0.05, 0.1) is 0 Å². The van der Waals surface area contributed by atoms with E-state index in [-0.39, 0.29) is 6.29 Å². The van der Waals surface area contributed by atoms with Gasteiger partial charge in [-0.05, 0) is 60.1 Å². The summed E-state index contributed by atoms with van der Waals surface area (Å²) in [5.74, 6) is 0.543. The molecule has 0 spiro atoms. The lowest BCUT2D eigenvalue weighted by molar-refractivity contribution is -0.182. The normalized spacial score (nSPS) is 20.4. The van der Waals surface area contributed by atoms with Gasteiger partial charge in [-0.1, -0.05) is 23.7 Å². The van der Waals surface area contributed by atoms with E-state index in [0.29, 0.717) is 15.3 Å². The highest BCUT2D eigenvalue weighted by atomic mass is 35.5. The van der Waals surface area contributed by atoms with Crippen molar-refractivity contribution in [3.63, 3.8) is 0 Å². The third-order valence-corrected chi connectivity index (χ3v) is 4.28. The molecule has 7 heteroatoms. The first kappa shape index (κ1) is 15.2. The fourth-order valence-electron chi connectivity index (χ4n) is 2.25. The summed E-state index contributed by atoms with van der Waals surface area (Å²) in [5, 5.41) is 0.645. The van der Waals surface area contributed by atoms with Crippen molar-refractivity contribution in [1.29, 1.82) is 0 Å². The van der Waals surface area contributed by atoms with Crippen molar-refractivity contribution in [3.8, 4) is 0 Å². The molecule has 0 saturated carbocycles. The van der Waals surface area contributed by atoms with Crippen LogP contribution in [-0.2, 0) is 9.47 Å². The molecule has 0 N–H and O–H groups in total. The van der Waals surface area contributed by atoms with Gasteiger partial charge in [-0.15, -0.1) is 0 Å². The Morgan fingerprint density at radius 3 is 2.90 bits per heavy atom. The van der Waals surface area contributed by atoms with E-state index >= 15 is 0 Å². The van der Waals surface area contributed by atoms with E-state index in [1.807, 2.05) is 24.3 Å². The Morgan fingerprint density at radius 2 is 2.24 bits per heavy atom. The van der Waals surface area contributed by atoms with Gasteiger partial charge in [0.2, 0.25) is 4.47 Å². The fraction of sp³-hybridized carbons (Fsp3) is 0.429. The molecular formula is C14H14Cl2N2O2S. The van der Waals surface area contributed by atoms with Crippen molar-refractivity contribution in [3.05, 3.63) is 45.1 Å². The van der Waals surface area contributed by atoms with Crippen LogP contribution in [-0.4, -0.2) is 22.3 Å². The molecule has 1 fully saturated rings. The number of benzene rings is 1. The maximum atomic E-state index is 6.07. The monoisotopic (exact) mass is 344 g/mol. The Morgan fingerprint density at radius 1 is 1.33 bits per heavy atom. The second-order valence-corrected chi connectivity index (χ2v) is 6.54. The van der Waals surface area contributed by atoms with Crippen LogP contribution in [0.25, 0.3) is 0 Å². The highest BCUT2D eigenvalue weighted by Crippen LogP contribution is 2.31. The van der Waals surface area contributed by atoms with E-state index in [2.05, 4.69) is 9.36 Å². The van der Waals surface area contributed by atoms with Crippen LogP contribution in [0, 0.1) is 0 Å². The van der Waals surface area contributed by atoms with Gasteiger partial charge in [-0.3, -0.25) is 0 Å². The molecule has 1 aliphatic heterocycles. The van der Waals surface area contributed by atoms with Crippen LogP contribution in [0.2, 0.25) is 9.49 Å². The average Bonchev–Trinajstić information content (AvgIpc) is 2.92.